The van der Waals surface area contributed by atoms with Crippen LogP contribution < -0.4 is 5.73 Å². The van der Waals surface area contributed by atoms with E-state index in [1.54, 1.807) is 0 Å². The molecule has 1 aromatic rings. The Morgan fingerprint density at radius 2 is 1.79 bits per heavy atom. The Morgan fingerprint density at radius 3 is 2.47 bits per heavy atom. The predicted octanol–water partition coefficient (Wildman–Crippen LogP) is 1.65. The molecule has 0 radical (unpaired) electrons. The van der Waals surface area contributed by atoms with Crippen molar-refractivity contribution in [2.24, 2.45) is 0 Å². The highest BCUT2D eigenvalue weighted by Gasteiger charge is 2.39. The SMILES string of the molecule is Nc1ccccc1CCN1CCC2(CC1)OCCO2. The molecular formula is C15H22N2O2. The van der Waals surface area contributed by atoms with E-state index in [4.69, 9.17) is 15.2 Å². The molecule has 3 rings (SSSR count). The molecule has 1 spiro atoms. The Balaban J connectivity index is 1.49. The Bertz CT molecular complexity index is 420. The van der Waals surface area contributed by atoms with Crippen molar-refractivity contribution in [3.8, 4) is 0 Å². The molecule has 4 heteroatoms. The number of nitrogens with two attached hydrogens (primary N) is 1. The molecule has 0 aromatic heterocycles. The average molecular weight is 262 g/mol. The van der Waals surface area contributed by atoms with Crippen LogP contribution in [-0.2, 0) is 15.9 Å². The molecule has 0 atom stereocenters. The Labute approximate surface area is 114 Å². The molecule has 2 N–H and O–H groups in total. The van der Waals surface area contributed by atoms with E-state index in [1.165, 1.54) is 5.56 Å². The number of rotatable bonds is 3. The topological polar surface area (TPSA) is 47.7 Å². The molecule has 0 aliphatic carbocycles. The van der Waals surface area contributed by atoms with Crippen molar-refractivity contribution in [1.29, 1.82) is 0 Å². The highest BCUT2D eigenvalue weighted by atomic mass is 16.7. The second-order valence-electron chi connectivity index (χ2n) is 5.40. The van der Waals surface area contributed by atoms with Crippen molar-refractivity contribution < 1.29 is 9.47 Å². The van der Waals surface area contributed by atoms with E-state index in [9.17, 15) is 0 Å². The van der Waals surface area contributed by atoms with Gasteiger partial charge in [-0.25, -0.2) is 0 Å². The molecule has 1 aromatic carbocycles. The van der Waals surface area contributed by atoms with E-state index in [-0.39, 0.29) is 5.79 Å². The number of hydrogen-bond donors (Lipinski definition) is 1. The van der Waals surface area contributed by atoms with Gasteiger partial charge in [0.1, 0.15) is 0 Å². The van der Waals surface area contributed by atoms with Crippen LogP contribution in [0.4, 0.5) is 5.69 Å². The number of piperidine rings is 1. The molecule has 2 heterocycles. The van der Waals surface area contributed by atoms with Gasteiger partial charge in [0.25, 0.3) is 0 Å². The fraction of sp³-hybridized carbons (Fsp3) is 0.600. The largest absolute Gasteiger partial charge is 0.399 e. The quantitative estimate of drug-likeness (QED) is 0.841. The van der Waals surface area contributed by atoms with Crippen LogP contribution in [0.1, 0.15) is 18.4 Å². The number of ether oxygens (including phenoxy) is 2. The molecule has 0 unspecified atom stereocenters. The lowest BCUT2D eigenvalue weighted by atomic mass is 10.0. The second kappa shape index (κ2) is 5.49. The standard InChI is InChI=1S/C15H22N2O2/c16-14-4-2-1-3-13(14)5-8-17-9-6-15(7-10-17)18-11-12-19-15/h1-4H,5-12,16H2. The summed E-state index contributed by atoms with van der Waals surface area (Å²) < 4.78 is 11.5. The van der Waals surface area contributed by atoms with Crippen LogP contribution in [0.2, 0.25) is 0 Å². The first-order chi connectivity index (χ1) is 9.27. The number of nitrogen functional groups attached to an aromatic ring is 1. The van der Waals surface area contributed by atoms with Crippen LogP contribution in [0, 0.1) is 0 Å². The molecule has 0 bridgehead atoms. The van der Waals surface area contributed by atoms with Crippen molar-refractivity contribution in [2.45, 2.75) is 25.0 Å². The van der Waals surface area contributed by atoms with E-state index in [0.29, 0.717) is 0 Å². The first-order valence-electron chi connectivity index (χ1n) is 7.11. The Morgan fingerprint density at radius 1 is 1.11 bits per heavy atom. The van der Waals surface area contributed by atoms with Crippen molar-refractivity contribution >= 4 is 5.69 Å². The molecular weight excluding hydrogens is 240 g/mol. The highest BCUT2D eigenvalue weighted by molar-refractivity contribution is 5.46. The third kappa shape index (κ3) is 2.91. The molecule has 2 saturated heterocycles. The van der Waals surface area contributed by atoms with E-state index in [0.717, 1.165) is 57.8 Å². The first kappa shape index (κ1) is 12.9. The van der Waals surface area contributed by atoms with E-state index in [2.05, 4.69) is 17.0 Å². The molecule has 2 fully saturated rings. The maximum Gasteiger partial charge on any atom is 0.170 e. The van der Waals surface area contributed by atoms with E-state index in [1.807, 2.05) is 12.1 Å². The van der Waals surface area contributed by atoms with Crippen LogP contribution in [0.15, 0.2) is 24.3 Å². The molecule has 2 aliphatic heterocycles. The smallest absolute Gasteiger partial charge is 0.170 e. The van der Waals surface area contributed by atoms with Gasteiger partial charge in [0.05, 0.1) is 13.2 Å². The van der Waals surface area contributed by atoms with Gasteiger partial charge >= 0.3 is 0 Å². The third-order valence-electron chi connectivity index (χ3n) is 4.18. The van der Waals surface area contributed by atoms with Crippen LogP contribution >= 0.6 is 0 Å². The lowest BCUT2D eigenvalue weighted by Gasteiger charge is -2.37. The van der Waals surface area contributed by atoms with Gasteiger partial charge in [-0.3, -0.25) is 0 Å². The van der Waals surface area contributed by atoms with Gasteiger partial charge in [0, 0.05) is 38.2 Å². The third-order valence-corrected chi connectivity index (χ3v) is 4.18. The predicted molar refractivity (Wildman–Crippen MR) is 74.9 cm³/mol. The van der Waals surface area contributed by atoms with E-state index >= 15 is 0 Å². The summed E-state index contributed by atoms with van der Waals surface area (Å²) in [5, 5.41) is 0. The fourth-order valence-electron chi connectivity index (χ4n) is 2.94. The monoisotopic (exact) mass is 262 g/mol. The number of nitrogens with zero attached hydrogens (tertiary/aromatic N) is 1. The van der Waals surface area contributed by atoms with Crippen molar-refractivity contribution in [2.75, 3.05) is 38.6 Å². The fourth-order valence-corrected chi connectivity index (χ4v) is 2.94. The van der Waals surface area contributed by atoms with Crippen LogP contribution in [0.25, 0.3) is 0 Å². The molecule has 0 saturated carbocycles. The number of likely N-dealkylation sites (tertiary alicyclic amines) is 1. The van der Waals surface area contributed by atoms with Gasteiger partial charge in [0.2, 0.25) is 0 Å². The minimum atomic E-state index is -0.262. The van der Waals surface area contributed by atoms with Crippen molar-refractivity contribution in [1.82, 2.24) is 4.90 Å². The van der Waals surface area contributed by atoms with Gasteiger partial charge in [0.15, 0.2) is 5.79 Å². The zero-order valence-electron chi connectivity index (χ0n) is 11.3. The van der Waals surface area contributed by atoms with Crippen LogP contribution in [-0.4, -0.2) is 43.5 Å². The number of anilines is 1. The molecule has 104 valence electrons. The molecule has 19 heavy (non-hydrogen) atoms. The summed E-state index contributed by atoms with van der Waals surface area (Å²) in [6.07, 6.45) is 2.98. The van der Waals surface area contributed by atoms with Gasteiger partial charge in [-0.1, -0.05) is 18.2 Å². The summed E-state index contributed by atoms with van der Waals surface area (Å²) in [4.78, 5) is 2.47. The summed E-state index contributed by atoms with van der Waals surface area (Å²) >= 11 is 0. The lowest BCUT2D eigenvalue weighted by Crippen LogP contribution is -2.45. The summed E-state index contributed by atoms with van der Waals surface area (Å²) in [7, 11) is 0. The Hall–Kier alpha value is -1.10. The summed E-state index contributed by atoms with van der Waals surface area (Å²) in [5.41, 5.74) is 8.12. The van der Waals surface area contributed by atoms with Crippen molar-refractivity contribution in [3.63, 3.8) is 0 Å². The normalized spacial score (nSPS) is 22.9. The van der Waals surface area contributed by atoms with Gasteiger partial charge in [-0.05, 0) is 18.1 Å². The lowest BCUT2D eigenvalue weighted by molar-refractivity contribution is -0.185. The molecule has 2 aliphatic rings. The minimum absolute atomic E-state index is 0.262. The molecule has 4 nitrogen and oxygen atoms in total. The maximum absolute atomic E-state index is 5.97. The summed E-state index contributed by atoms with van der Waals surface area (Å²) in [5.74, 6) is -0.262. The number of para-hydroxylation sites is 1. The zero-order valence-corrected chi connectivity index (χ0v) is 11.3. The summed E-state index contributed by atoms with van der Waals surface area (Å²) in [6, 6.07) is 8.13. The molecule has 0 amide bonds. The highest BCUT2D eigenvalue weighted by Crippen LogP contribution is 2.31. The van der Waals surface area contributed by atoms with Gasteiger partial charge < -0.3 is 20.1 Å². The van der Waals surface area contributed by atoms with E-state index < -0.39 is 0 Å². The van der Waals surface area contributed by atoms with Gasteiger partial charge in [-0.15, -0.1) is 0 Å². The first-order valence-corrected chi connectivity index (χ1v) is 7.11. The van der Waals surface area contributed by atoms with Crippen molar-refractivity contribution in [3.05, 3.63) is 29.8 Å². The number of hydrogen-bond acceptors (Lipinski definition) is 4. The maximum atomic E-state index is 5.97. The zero-order chi connectivity index (χ0) is 13.1. The van der Waals surface area contributed by atoms with Crippen LogP contribution in [0.5, 0.6) is 0 Å². The Kier molecular flexibility index (Phi) is 3.73. The minimum Gasteiger partial charge on any atom is -0.399 e. The van der Waals surface area contributed by atoms with Crippen LogP contribution in [0.3, 0.4) is 0 Å². The second-order valence-corrected chi connectivity index (χ2v) is 5.40. The van der Waals surface area contributed by atoms with Gasteiger partial charge in [-0.2, -0.15) is 0 Å². The summed E-state index contributed by atoms with van der Waals surface area (Å²) in [6.45, 7) is 4.66. The number of benzene rings is 1. The average Bonchev–Trinajstić information content (AvgIpc) is 2.88.